The molecule has 0 radical (unpaired) electrons. The Morgan fingerprint density at radius 2 is 1.43 bits per heavy atom. The molecule has 3 atom stereocenters. The van der Waals surface area contributed by atoms with Gasteiger partial charge in [0.1, 0.15) is 6.61 Å². The fourth-order valence-electron chi connectivity index (χ4n) is 2.72. The quantitative estimate of drug-likeness (QED) is 0.328. The normalized spacial score (nSPS) is 16.2. The number of hydrogen-bond donors (Lipinski definition) is 3. The standard InChI is InChI=1S/C17H23NO3.C7H14O2.CH4.Li.H2O2.H2O/c1-12(17(2,3)4)15(19)18-14(11-21-16(18)20)10-13-8-6-5-7-9-13;1-5(6(8)9)7(2,3)4;;;1-2;/h5-9,12,14H,10-11H2,1-4H3;5H,1-4H3,(H,8,9);1H4;;1-2H;1H2/q;;;+1;;/p-1/t12-,14+;5-;;;;/m11..../s1. The van der Waals surface area contributed by atoms with Crippen molar-refractivity contribution in [3.8, 4) is 0 Å². The molecule has 1 aromatic rings. The first-order valence-electron chi connectivity index (χ1n) is 10.6. The van der Waals surface area contributed by atoms with E-state index in [9.17, 15) is 14.4 Å². The molecule has 1 heterocycles. The Bertz CT molecular complexity index is 744. The third-order valence-corrected chi connectivity index (χ3v) is 5.85. The van der Waals surface area contributed by atoms with E-state index in [1.165, 1.54) is 4.90 Å². The summed E-state index contributed by atoms with van der Waals surface area (Å²) in [5.74, 6) is -1.37. The van der Waals surface area contributed by atoms with Gasteiger partial charge in [-0.25, -0.2) is 9.69 Å². The molecule has 9 nitrogen and oxygen atoms in total. The van der Waals surface area contributed by atoms with E-state index in [1.807, 2.05) is 78.8 Å². The molecule has 1 aliphatic heterocycles. The molecule has 1 saturated heterocycles. The summed E-state index contributed by atoms with van der Waals surface area (Å²) in [7, 11) is 0. The third kappa shape index (κ3) is 13.1. The van der Waals surface area contributed by atoms with Gasteiger partial charge in [0.15, 0.2) is 0 Å². The average Bonchev–Trinajstić information content (AvgIpc) is 3.07. The van der Waals surface area contributed by atoms with E-state index in [0.29, 0.717) is 6.42 Å². The first-order valence-corrected chi connectivity index (χ1v) is 10.6. The van der Waals surface area contributed by atoms with Gasteiger partial charge in [-0.15, -0.1) is 0 Å². The number of benzene rings is 1. The molecule has 2 rings (SSSR count). The maximum Gasteiger partial charge on any atom is 1.00 e. The summed E-state index contributed by atoms with van der Waals surface area (Å²) >= 11 is 0. The molecule has 35 heavy (non-hydrogen) atoms. The summed E-state index contributed by atoms with van der Waals surface area (Å²) in [5, 5.41) is 20.5. The number of amides is 2. The predicted molar refractivity (Wildman–Crippen MR) is 131 cm³/mol. The van der Waals surface area contributed by atoms with Crippen LogP contribution in [0.2, 0.25) is 0 Å². The summed E-state index contributed by atoms with van der Waals surface area (Å²) in [6, 6.07) is 9.65. The largest absolute Gasteiger partial charge is 1.00 e. The minimum atomic E-state index is -0.720. The molecule has 0 unspecified atom stereocenters. The minimum absolute atomic E-state index is 0. The first-order chi connectivity index (χ1) is 14.7. The van der Waals surface area contributed by atoms with Gasteiger partial charge < -0.3 is 15.3 Å². The molecule has 0 spiro atoms. The maximum absolute atomic E-state index is 12.6. The van der Waals surface area contributed by atoms with Crippen LogP contribution in [0.1, 0.15) is 68.4 Å². The van der Waals surface area contributed by atoms with Gasteiger partial charge in [-0.05, 0) is 22.8 Å². The van der Waals surface area contributed by atoms with Crippen molar-refractivity contribution in [2.45, 2.75) is 75.3 Å². The smallest absolute Gasteiger partial charge is 0.870 e. The molecule has 4 N–H and O–H groups in total. The van der Waals surface area contributed by atoms with Crippen molar-refractivity contribution in [1.82, 2.24) is 4.90 Å². The van der Waals surface area contributed by atoms with E-state index >= 15 is 0 Å². The van der Waals surface area contributed by atoms with Crippen LogP contribution in [0.25, 0.3) is 0 Å². The fraction of sp³-hybridized carbons (Fsp3) is 0.640. The van der Waals surface area contributed by atoms with E-state index in [1.54, 1.807) is 6.92 Å². The van der Waals surface area contributed by atoms with Gasteiger partial charge >= 0.3 is 30.9 Å². The van der Waals surface area contributed by atoms with Crippen LogP contribution in [0.15, 0.2) is 30.3 Å². The van der Waals surface area contributed by atoms with Gasteiger partial charge in [0, 0.05) is 5.92 Å². The molecule has 0 aliphatic carbocycles. The number of aliphatic carboxylic acids is 1. The summed E-state index contributed by atoms with van der Waals surface area (Å²) in [6.07, 6.45) is 0.117. The van der Waals surface area contributed by atoms with Crippen molar-refractivity contribution in [3.63, 3.8) is 0 Å². The summed E-state index contributed by atoms with van der Waals surface area (Å²) in [5.41, 5.74) is 0.797. The Morgan fingerprint density at radius 3 is 1.77 bits per heavy atom. The summed E-state index contributed by atoms with van der Waals surface area (Å²) < 4.78 is 5.10. The Kier molecular flexibility index (Phi) is 20.2. The molecule has 0 saturated carbocycles. The number of carbonyl (C=O) groups excluding carboxylic acids is 2. The third-order valence-electron chi connectivity index (χ3n) is 5.85. The number of cyclic esters (lactones) is 1. The molecule has 0 bridgehead atoms. The van der Waals surface area contributed by atoms with Crippen molar-refractivity contribution in [1.29, 1.82) is 0 Å². The van der Waals surface area contributed by atoms with Crippen molar-refractivity contribution in [3.05, 3.63) is 35.9 Å². The predicted octanol–water partition coefficient (Wildman–Crippen LogP) is 2.49. The fourth-order valence-corrected chi connectivity index (χ4v) is 2.72. The Morgan fingerprint density at radius 1 is 1.00 bits per heavy atom. The second kappa shape index (κ2) is 17.5. The van der Waals surface area contributed by atoms with E-state index in [0.717, 1.165) is 5.56 Å². The molecule has 2 amide bonds. The van der Waals surface area contributed by atoms with Crippen LogP contribution < -0.4 is 18.9 Å². The number of hydrogen-bond acceptors (Lipinski definition) is 7. The van der Waals surface area contributed by atoms with Crippen molar-refractivity contribution in [2.24, 2.45) is 22.7 Å². The number of carbonyl (C=O) groups is 3. The molecule has 1 aliphatic rings. The number of carboxylic acid groups (broad SMARTS) is 1. The maximum atomic E-state index is 12.6. The summed E-state index contributed by atoms with van der Waals surface area (Å²) in [4.78, 5) is 36.2. The Hall–Kier alpha value is -1.89. The van der Waals surface area contributed by atoms with Gasteiger partial charge in [-0.3, -0.25) is 20.1 Å². The minimum Gasteiger partial charge on any atom is -0.870 e. The van der Waals surface area contributed by atoms with Crippen LogP contribution >= 0.6 is 0 Å². The zero-order valence-electron chi connectivity index (χ0n) is 21.9. The number of rotatable bonds is 4. The second-order valence-corrected chi connectivity index (χ2v) is 10.1. The molecule has 0 aromatic heterocycles. The van der Waals surface area contributed by atoms with E-state index in [-0.39, 0.29) is 73.0 Å². The molecular weight excluding hydrogens is 449 g/mol. The Labute approximate surface area is 222 Å². The molecular formula is C25H44LiNO8. The van der Waals surface area contributed by atoms with Gasteiger partial charge in [0.05, 0.1) is 12.0 Å². The van der Waals surface area contributed by atoms with Crippen molar-refractivity contribution < 1.29 is 59.1 Å². The van der Waals surface area contributed by atoms with Gasteiger partial charge in [-0.2, -0.15) is 0 Å². The van der Waals surface area contributed by atoms with Gasteiger partial charge in [0.25, 0.3) is 0 Å². The van der Waals surface area contributed by atoms with Crippen LogP contribution in [0, 0.1) is 22.7 Å². The van der Waals surface area contributed by atoms with Crippen molar-refractivity contribution >= 4 is 18.0 Å². The van der Waals surface area contributed by atoms with E-state index in [4.69, 9.17) is 20.4 Å². The van der Waals surface area contributed by atoms with Gasteiger partial charge in [-0.1, -0.05) is 93.1 Å². The number of carboxylic acids is 1. The summed E-state index contributed by atoms with van der Waals surface area (Å²) in [6.45, 7) is 15.6. The number of imide groups is 1. The first kappa shape index (κ1) is 40.3. The van der Waals surface area contributed by atoms with Crippen LogP contribution in [-0.4, -0.2) is 56.6 Å². The molecule has 1 fully saturated rings. The molecule has 198 valence electrons. The number of nitrogens with zero attached hydrogens (tertiary/aromatic N) is 1. The molecule has 10 heteroatoms. The van der Waals surface area contributed by atoms with E-state index in [2.05, 4.69) is 0 Å². The van der Waals surface area contributed by atoms with Crippen LogP contribution in [-0.2, 0) is 20.7 Å². The SMILES string of the molecule is C.C[C@H](C(=O)N1C(=O)OC[C@@H]1Cc1ccccc1)C(C)(C)C.C[C@H](C(=O)O)C(C)(C)C.OO.[Li+].[OH-]. The van der Waals surface area contributed by atoms with Gasteiger partial charge in [0.2, 0.25) is 5.91 Å². The van der Waals surface area contributed by atoms with Crippen molar-refractivity contribution in [2.75, 3.05) is 6.61 Å². The zero-order valence-corrected chi connectivity index (χ0v) is 21.9. The molecule has 1 aromatic carbocycles. The second-order valence-electron chi connectivity index (χ2n) is 10.1. The monoisotopic (exact) mass is 493 g/mol. The zero-order chi connectivity index (χ0) is 25.3. The van der Waals surface area contributed by atoms with E-state index < -0.39 is 12.1 Å². The Balaban J connectivity index is -0.000000296. The van der Waals surface area contributed by atoms with Crippen LogP contribution in [0.5, 0.6) is 0 Å². The number of ether oxygens (including phenoxy) is 1. The van der Waals surface area contributed by atoms with Crippen LogP contribution in [0.3, 0.4) is 0 Å². The topological polar surface area (TPSA) is 154 Å². The average molecular weight is 494 g/mol. The van der Waals surface area contributed by atoms with Crippen LogP contribution in [0.4, 0.5) is 4.79 Å².